The molecule has 67 heavy (non-hydrogen) atoms. The molecule has 6 heterocycles. The number of benzene rings is 2. The number of carboxylic acid groups (broad SMARTS) is 1. The van der Waals surface area contributed by atoms with Gasteiger partial charge in [-0.3, -0.25) is 19.2 Å². The average molecular weight is 929 g/mol. The van der Waals surface area contributed by atoms with Gasteiger partial charge in [0.25, 0.3) is 5.91 Å². The Labute approximate surface area is 386 Å². The van der Waals surface area contributed by atoms with Gasteiger partial charge in [0, 0.05) is 52.0 Å². The third-order valence-electron chi connectivity index (χ3n) is 15.3. The Balaban J connectivity index is 1.34. The van der Waals surface area contributed by atoms with E-state index in [0.717, 1.165) is 0 Å². The number of rotatable bonds is 11. The van der Waals surface area contributed by atoms with Gasteiger partial charge >= 0.3 is 5.97 Å². The number of hydrogen-bond acceptors (Lipinski definition) is 15. The van der Waals surface area contributed by atoms with E-state index < -0.39 is 88.9 Å². The van der Waals surface area contributed by atoms with Crippen molar-refractivity contribution in [3.63, 3.8) is 0 Å². The molecule has 0 spiro atoms. The molecule has 1 amide bonds. The number of ether oxygens (including phenoxy) is 4. The number of ketones is 1. The normalized spacial score (nSPS) is 33.5. The molecule has 0 radical (unpaired) electrons. The van der Waals surface area contributed by atoms with Crippen LogP contribution in [-0.2, 0) is 29.3 Å². The molecule has 2 aromatic carbocycles. The van der Waals surface area contributed by atoms with Gasteiger partial charge in [0.1, 0.15) is 35.0 Å². The number of aliphatic hydroxyl groups is 2. The number of hydrogen-bond donors (Lipinski definition) is 6. The molecule has 4 aliphatic heterocycles. The van der Waals surface area contributed by atoms with Crippen molar-refractivity contribution in [2.24, 2.45) is 0 Å². The number of phenols is 1. The zero-order chi connectivity index (χ0) is 48.5. The van der Waals surface area contributed by atoms with Crippen LogP contribution in [0.2, 0.25) is 0 Å². The van der Waals surface area contributed by atoms with Crippen LogP contribution in [0.15, 0.2) is 39.5 Å². The molecule has 18 nitrogen and oxygen atoms in total. The maximum atomic E-state index is 15.7. The van der Waals surface area contributed by atoms with E-state index in [1.807, 2.05) is 51.8 Å². The molecule has 4 saturated heterocycles. The number of aliphatic hydroxyl groups excluding tert-OH is 2. The highest BCUT2D eigenvalue weighted by atomic mass is 16.7. The third kappa shape index (κ3) is 7.47. The summed E-state index contributed by atoms with van der Waals surface area (Å²) in [5.41, 5.74) is -1.28. The quantitative estimate of drug-likeness (QED) is 0.0813. The summed E-state index contributed by atoms with van der Waals surface area (Å²) in [6.45, 7) is 10.6. The van der Waals surface area contributed by atoms with E-state index in [-0.39, 0.29) is 99.7 Å². The first-order chi connectivity index (χ1) is 31.5. The van der Waals surface area contributed by atoms with Crippen LogP contribution in [0.5, 0.6) is 5.75 Å². The number of epoxide rings is 2. The Morgan fingerprint density at radius 2 is 1.61 bits per heavy atom. The molecule has 0 unspecified atom stereocenters. The van der Waals surface area contributed by atoms with Gasteiger partial charge in [-0.05, 0) is 118 Å². The minimum Gasteiger partial charge on any atom is -0.507 e. The fourth-order valence-corrected chi connectivity index (χ4v) is 10.9. The van der Waals surface area contributed by atoms with E-state index in [1.54, 1.807) is 39.8 Å². The molecular formula is C49H60N4O14. The van der Waals surface area contributed by atoms with Crippen molar-refractivity contribution in [1.29, 1.82) is 0 Å². The minimum atomic E-state index is -1.34. The lowest BCUT2D eigenvalue weighted by Gasteiger charge is -2.49. The second-order valence-corrected chi connectivity index (χ2v) is 19.9. The number of amides is 1. The van der Waals surface area contributed by atoms with Gasteiger partial charge in [-0.15, -0.1) is 0 Å². The number of carboxylic acids is 1. The second kappa shape index (κ2) is 16.5. The Bertz CT molecular complexity index is 2760. The molecule has 0 saturated carbocycles. The monoisotopic (exact) mass is 928 g/mol. The summed E-state index contributed by atoms with van der Waals surface area (Å²) in [4.78, 5) is 58.9. The summed E-state index contributed by atoms with van der Waals surface area (Å²) in [5.74, 6) is -4.00. The van der Waals surface area contributed by atoms with Gasteiger partial charge in [0.05, 0.1) is 66.1 Å². The van der Waals surface area contributed by atoms with E-state index in [4.69, 9.17) is 23.4 Å². The van der Waals surface area contributed by atoms with Crippen LogP contribution >= 0.6 is 0 Å². The first-order valence-corrected chi connectivity index (χ1v) is 22.8. The van der Waals surface area contributed by atoms with E-state index in [9.17, 15) is 40.0 Å². The number of aryl methyl sites for hydroxylation is 1. The highest BCUT2D eigenvalue weighted by Crippen LogP contribution is 2.56. The van der Waals surface area contributed by atoms with Crippen molar-refractivity contribution in [3.8, 4) is 5.75 Å². The number of likely N-dealkylation sites (N-methyl/N-ethyl adjacent to an activating group) is 2. The predicted octanol–water partition coefficient (Wildman–Crippen LogP) is 3.85. The lowest BCUT2D eigenvalue weighted by Crippen LogP contribution is -2.59. The first-order valence-electron chi connectivity index (χ1n) is 22.8. The van der Waals surface area contributed by atoms with Crippen molar-refractivity contribution >= 4 is 28.6 Å². The third-order valence-corrected chi connectivity index (χ3v) is 15.3. The summed E-state index contributed by atoms with van der Waals surface area (Å²) in [7, 11) is 7.38. The fourth-order valence-electron chi connectivity index (χ4n) is 10.9. The minimum absolute atomic E-state index is 0.00549. The number of nitrogens with one attached hydrogen (secondary N) is 1. The van der Waals surface area contributed by atoms with E-state index in [1.165, 1.54) is 18.2 Å². The number of fused-ring (bicyclic) bond motifs is 4. The molecule has 0 bridgehead atoms. The Kier molecular flexibility index (Phi) is 11.6. The van der Waals surface area contributed by atoms with Crippen LogP contribution in [-0.4, -0.2) is 147 Å². The number of aromatic nitrogens is 1. The number of aliphatic carboxylic acids is 1. The molecule has 6 N–H and O–H groups in total. The van der Waals surface area contributed by atoms with E-state index in [0.29, 0.717) is 15.9 Å². The van der Waals surface area contributed by atoms with Gasteiger partial charge < -0.3 is 64.1 Å². The van der Waals surface area contributed by atoms with Gasteiger partial charge in [0.2, 0.25) is 0 Å². The summed E-state index contributed by atoms with van der Waals surface area (Å²) >= 11 is 0. The van der Waals surface area contributed by atoms with Crippen molar-refractivity contribution < 1.29 is 63.4 Å². The summed E-state index contributed by atoms with van der Waals surface area (Å²) in [6, 6.07) is 7.06. The van der Waals surface area contributed by atoms with Crippen molar-refractivity contribution in [2.75, 3.05) is 34.7 Å². The molecule has 4 aromatic rings. The van der Waals surface area contributed by atoms with Gasteiger partial charge in [0.15, 0.2) is 16.8 Å². The molecule has 18 heteroatoms. The molecule has 4 fully saturated rings. The maximum absolute atomic E-state index is 15.7. The van der Waals surface area contributed by atoms with Crippen molar-refractivity contribution in [2.45, 2.75) is 139 Å². The number of carbonyl (C=O) groups is 3. The predicted molar refractivity (Wildman–Crippen MR) is 240 cm³/mol. The fraction of sp³-hybridized carbons (Fsp3) is 0.551. The van der Waals surface area contributed by atoms with Gasteiger partial charge in [-0.25, -0.2) is 0 Å². The highest BCUT2D eigenvalue weighted by molar-refractivity contribution is 6.17. The largest absolute Gasteiger partial charge is 0.507 e. The van der Waals surface area contributed by atoms with Gasteiger partial charge in [-0.2, -0.15) is 4.73 Å². The molecule has 5 aliphatic rings. The van der Waals surface area contributed by atoms with Crippen LogP contribution in [0.4, 0.5) is 0 Å². The van der Waals surface area contributed by atoms with E-state index >= 15 is 4.79 Å². The topological polar surface area (TPSA) is 250 Å². The van der Waals surface area contributed by atoms with E-state index in [2.05, 4.69) is 5.32 Å². The zero-order valence-corrected chi connectivity index (χ0v) is 39.3. The summed E-state index contributed by atoms with van der Waals surface area (Å²) < 4.78 is 32.5. The maximum Gasteiger partial charge on any atom is 0.305 e. The Hall–Kier alpha value is -5.18. The van der Waals surface area contributed by atoms with Crippen molar-refractivity contribution in [3.05, 3.63) is 96.6 Å². The molecule has 13 atom stereocenters. The SMILES string of the molecule is Cc1cc2c(c3oc([C@@]4(C)O[C@H]4[C@@H]4O[C@H]4C)cc(=O)c13)[C@H](c1ccc(C(=O)NCCC(=O)O)n1O)c1c(O)c([C@H]3C[C@@](C)(N(C)C)[C@H](O)[C@@H](C)O3)cc([C@@H]3C[C@H](N(C)C)[C@H](O)[C@H](C)O3)c1C2=O. The lowest BCUT2D eigenvalue weighted by atomic mass is 9.70. The smallest absolute Gasteiger partial charge is 0.305 e. The summed E-state index contributed by atoms with van der Waals surface area (Å²) in [6.07, 6.45) is -5.62. The van der Waals surface area contributed by atoms with Crippen molar-refractivity contribution in [1.82, 2.24) is 19.8 Å². The van der Waals surface area contributed by atoms with Crippen LogP contribution in [0.1, 0.15) is 138 Å². The van der Waals surface area contributed by atoms with Gasteiger partial charge in [-0.1, -0.05) is 0 Å². The summed E-state index contributed by atoms with van der Waals surface area (Å²) in [5, 5.41) is 60.1. The number of phenolic OH excluding ortho intramolecular Hbond substituents is 1. The van der Waals surface area contributed by atoms with Crippen LogP contribution in [0.3, 0.4) is 0 Å². The zero-order valence-electron chi connectivity index (χ0n) is 39.3. The first kappa shape index (κ1) is 46.9. The highest BCUT2D eigenvalue weighted by Gasteiger charge is 2.66. The molecule has 2 aromatic heterocycles. The molecule has 1 aliphatic carbocycles. The number of aromatic hydroxyl groups is 1. The second-order valence-electron chi connectivity index (χ2n) is 19.9. The molecule has 360 valence electrons. The Morgan fingerprint density at radius 3 is 2.25 bits per heavy atom. The van der Waals surface area contributed by atoms with Crippen LogP contribution < -0.4 is 10.7 Å². The standard InChI is InChI=1S/C49H60N4O14/c1-20-15-26-37(44-35(20)30(54)18-33(66-44)49(6)46(67-49)43-22(3)65-43)38(27-11-12-28(53(27)62)47(61)50-14-13-34(55)56)39-36(42(26)59)24(31-17-29(51(7)8)40(57)21(2)63-31)16-25(41(39)58)32-19-48(5,52(9)10)45(60)23(4)64-32/h11-12,15-16,18,21-23,29,31-32,38,40,43,45-46,57-58,60,62H,13-14,17,19H2,1-10H3,(H,50,61)(H,55,56)/t21-,22-,23+,29-,31-,32+,38-,40+,43+,45+,46-,48+,49+/m0/s1. The number of carbonyl (C=O) groups excluding carboxylic acids is 2. The molecule has 9 rings (SSSR count). The van der Waals surface area contributed by atoms with Crippen LogP contribution in [0.25, 0.3) is 11.0 Å². The van der Waals surface area contributed by atoms with Crippen LogP contribution in [0, 0.1) is 6.92 Å². The average Bonchev–Trinajstić information content (AvgIpc) is 4.13. The Morgan fingerprint density at radius 1 is 0.925 bits per heavy atom. The number of nitrogens with zero attached hydrogens (tertiary/aromatic N) is 3. The molecular weight excluding hydrogens is 869 g/mol. The lowest BCUT2D eigenvalue weighted by molar-refractivity contribution is -0.176.